The van der Waals surface area contributed by atoms with Gasteiger partial charge >= 0.3 is 11.9 Å². The van der Waals surface area contributed by atoms with Crippen LogP contribution in [-0.4, -0.2) is 24.1 Å². The molecule has 31 heavy (non-hydrogen) atoms. The minimum absolute atomic E-state index is 0.242. The Labute approximate surface area is 185 Å². The van der Waals surface area contributed by atoms with Gasteiger partial charge in [-0.2, -0.15) is 0 Å². The van der Waals surface area contributed by atoms with Crippen molar-refractivity contribution in [3.8, 4) is 0 Å². The third kappa shape index (κ3) is 4.53. The lowest BCUT2D eigenvalue weighted by Crippen LogP contribution is -2.47. The van der Waals surface area contributed by atoms with E-state index in [-0.39, 0.29) is 36.0 Å². The van der Waals surface area contributed by atoms with Crippen LogP contribution >= 0.6 is 0 Å². The summed E-state index contributed by atoms with van der Waals surface area (Å²) in [7, 11) is 0. The summed E-state index contributed by atoms with van der Waals surface area (Å²) in [6, 6.07) is 11.3. The van der Waals surface area contributed by atoms with Crippen molar-refractivity contribution < 1.29 is 19.1 Å². The minimum atomic E-state index is -0.383. The van der Waals surface area contributed by atoms with Crippen molar-refractivity contribution in [3.63, 3.8) is 0 Å². The van der Waals surface area contributed by atoms with Crippen molar-refractivity contribution in [3.05, 3.63) is 69.8 Å². The molecule has 4 nitrogen and oxygen atoms in total. The molecular formula is C27H32O4. The van der Waals surface area contributed by atoms with Gasteiger partial charge in [0.15, 0.2) is 0 Å². The van der Waals surface area contributed by atoms with Crippen molar-refractivity contribution >= 4 is 11.9 Å². The lowest BCUT2D eigenvalue weighted by molar-refractivity contribution is -0.0901. The number of carbonyl (C=O) groups is 2. The number of rotatable bonds is 4. The predicted octanol–water partition coefficient (Wildman–Crippen LogP) is 5.88. The molecule has 2 aromatic carbocycles. The van der Waals surface area contributed by atoms with E-state index in [2.05, 4.69) is 0 Å². The van der Waals surface area contributed by atoms with Gasteiger partial charge in [0.1, 0.15) is 12.2 Å². The van der Waals surface area contributed by atoms with Crippen molar-refractivity contribution in [2.24, 2.45) is 11.8 Å². The summed E-state index contributed by atoms with van der Waals surface area (Å²) in [5.74, 6) is -0.167. The maximum atomic E-state index is 13.0. The van der Waals surface area contributed by atoms with E-state index in [0.29, 0.717) is 11.1 Å². The Morgan fingerprint density at radius 1 is 0.645 bits per heavy atom. The van der Waals surface area contributed by atoms with Crippen LogP contribution < -0.4 is 0 Å². The van der Waals surface area contributed by atoms with Gasteiger partial charge in [-0.1, -0.05) is 18.6 Å². The summed E-state index contributed by atoms with van der Waals surface area (Å²) in [6.45, 7) is 8.04. The van der Waals surface area contributed by atoms with Gasteiger partial charge in [-0.25, -0.2) is 9.59 Å². The molecule has 2 bridgehead atoms. The molecule has 4 atom stereocenters. The molecule has 0 aliphatic heterocycles. The molecule has 0 saturated heterocycles. The quantitative estimate of drug-likeness (QED) is 0.580. The zero-order chi connectivity index (χ0) is 22.1. The largest absolute Gasteiger partial charge is 0.455 e. The lowest BCUT2D eigenvalue weighted by atomic mass is 9.79. The molecule has 4 unspecified atom stereocenters. The van der Waals surface area contributed by atoms with Crippen LogP contribution in [0.2, 0.25) is 0 Å². The highest BCUT2D eigenvalue weighted by atomic mass is 16.6. The Balaban J connectivity index is 1.56. The first-order valence-corrected chi connectivity index (χ1v) is 11.4. The number of hydrogen-bond donors (Lipinski definition) is 0. The average Bonchev–Trinajstić information content (AvgIpc) is 3.07. The van der Waals surface area contributed by atoms with E-state index in [1.165, 1.54) is 0 Å². The number of hydrogen-bond acceptors (Lipinski definition) is 4. The molecule has 3 aliphatic rings. The molecule has 0 N–H and O–H groups in total. The number of benzene rings is 2. The van der Waals surface area contributed by atoms with Crippen LogP contribution in [0.25, 0.3) is 0 Å². The second-order valence-electron chi connectivity index (χ2n) is 9.37. The van der Waals surface area contributed by atoms with Crippen molar-refractivity contribution in [2.75, 3.05) is 0 Å². The summed E-state index contributed by atoms with van der Waals surface area (Å²) in [4.78, 5) is 26.0. The molecule has 164 valence electrons. The first-order valence-electron chi connectivity index (χ1n) is 11.4. The van der Waals surface area contributed by atoms with Crippen molar-refractivity contribution in [2.45, 2.75) is 72.0 Å². The molecule has 0 radical (unpaired) electrons. The van der Waals surface area contributed by atoms with E-state index in [1.807, 2.05) is 64.1 Å². The number of fused-ring (bicyclic) bond motifs is 4. The van der Waals surface area contributed by atoms with Crippen LogP contribution in [0.4, 0.5) is 0 Å². The predicted molar refractivity (Wildman–Crippen MR) is 120 cm³/mol. The van der Waals surface area contributed by atoms with E-state index in [4.69, 9.17) is 9.47 Å². The fourth-order valence-corrected chi connectivity index (χ4v) is 5.00. The zero-order valence-electron chi connectivity index (χ0n) is 18.9. The second-order valence-corrected chi connectivity index (χ2v) is 9.37. The summed E-state index contributed by atoms with van der Waals surface area (Å²) in [5.41, 5.74) is 5.53. The van der Waals surface area contributed by atoms with Gasteiger partial charge < -0.3 is 9.47 Å². The smallest absolute Gasteiger partial charge is 0.338 e. The van der Waals surface area contributed by atoms with Crippen molar-refractivity contribution in [1.29, 1.82) is 0 Å². The van der Waals surface area contributed by atoms with E-state index in [9.17, 15) is 9.59 Å². The molecule has 0 aromatic heterocycles. The van der Waals surface area contributed by atoms with Crippen LogP contribution in [-0.2, 0) is 9.47 Å². The van der Waals surface area contributed by atoms with E-state index in [1.54, 1.807) is 0 Å². The standard InChI is InChI=1S/C27H32O4/c1-16-8-10-22(14-18(16)3)26(28)30-24-20-6-5-7-21(13-12-20)25(24)31-27(29)23-11-9-17(2)19(4)15-23/h8-11,14-15,20-21,24-25H,5-7,12-13H2,1-4H3. The lowest BCUT2D eigenvalue weighted by Gasteiger charge is -2.39. The summed E-state index contributed by atoms with van der Waals surface area (Å²) >= 11 is 0. The van der Waals surface area contributed by atoms with E-state index < -0.39 is 0 Å². The van der Waals surface area contributed by atoms with Gasteiger partial charge in [-0.15, -0.1) is 0 Å². The maximum absolute atomic E-state index is 13.0. The Hall–Kier alpha value is -2.62. The average molecular weight is 421 g/mol. The third-order valence-electron chi connectivity index (χ3n) is 7.28. The van der Waals surface area contributed by atoms with Crippen LogP contribution in [0.15, 0.2) is 36.4 Å². The number of aryl methyl sites for hydroxylation is 4. The fourth-order valence-electron chi connectivity index (χ4n) is 5.00. The van der Waals surface area contributed by atoms with Crippen LogP contribution in [0.5, 0.6) is 0 Å². The summed E-state index contributed by atoms with van der Waals surface area (Å²) < 4.78 is 12.1. The molecule has 3 aliphatic carbocycles. The summed E-state index contributed by atoms with van der Waals surface area (Å²) in [5, 5.41) is 0. The number of carbonyl (C=O) groups excluding carboxylic acids is 2. The Kier molecular flexibility index (Phi) is 6.17. The molecule has 5 rings (SSSR count). The monoisotopic (exact) mass is 420 g/mol. The van der Waals surface area contributed by atoms with Gasteiger partial charge in [0.05, 0.1) is 11.1 Å². The molecular weight excluding hydrogens is 388 g/mol. The minimum Gasteiger partial charge on any atom is -0.455 e. The summed E-state index contributed by atoms with van der Waals surface area (Å²) in [6.07, 6.45) is 4.39. The molecule has 3 fully saturated rings. The van der Waals surface area contributed by atoms with E-state index >= 15 is 0 Å². The van der Waals surface area contributed by atoms with Gasteiger partial charge in [-0.05, 0) is 112 Å². The number of esters is 2. The third-order valence-corrected chi connectivity index (χ3v) is 7.28. The molecule has 0 heterocycles. The first kappa shape index (κ1) is 21.6. The number of ether oxygens (including phenoxy) is 2. The van der Waals surface area contributed by atoms with Crippen LogP contribution in [0.1, 0.15) is 75.1 Å². The van der Waals surface area contributed by atoms with Gasteiger partial charge in [0.2, 0.25) is 0 Å². The second kappa shape index (κ2) is 8.86. The highest BCUT2D eigenvalue weighted by Crippen LogP contribution is 2.43. The molecule has 2 aromatic rings. The molecule has 0 amide bonds. The highest BCUT2D eigenvalue weighted by molar-refractivity contribution is 5.91. The zero-order valence-corrected chi connectivity index (χ0v) is 18.9. The Bertz CT molecular complexity index is 909. The van der Waals surface area contributed by atoms with Gasteiger partial charge in [-0.3, -0.25) is 0 Å². The van der Waals surface area contributed by atoms with E-state index in [0.717, 1.165) is 54.4 Å². The molecule has 4 heteroatoms. The van der Waals surface area contributed by atoms with Gasteiger partial charge in [0.25, 0.3) is 0 Å². The molecule has 0 spiro atoms. The maximum Gasteiger partial charge on any atom is 0.338 e. The first-order chi connectivity index (χ1) is 14.8. The SMILES string of the molecule is Cc1ccc(C(=O)OC2C3CCCC(CC3)C2OC(=O)c2ccc(C)c(C)c2)cc1C. The normalized spacial score (nSPS) is 25.0. The van der Waals surface area contributed by atoms with Gasteiger partial charge in [0, 0.05) is 0 Å². The topological polar surface area (TPSA) is 52.6 Å². The van der Waals surface area contributed by atoms with Crippen molar-refractivity contribution in [1.82, 2.24) is 0 Å². The highest BCUT2D eigenvalue weighted by Gasteiger charge is 2.46. The van der Waals surface area contributed by atoms with Crippen LogP contribution in [0.3, 0.4) is 0 Å². The Morgan fingerprint density at radius 3 is 1.45 bits per heavy atom. The molecule has 3 saturated carbocycles. The fraction of sp³-hybridized carbons (Fsp3) is 0.481. The Morgan fingerprint density at radius 2 is 1.06 bits per heavy atom. The van der Waals surface area contributed by atoms with Crippen LogP contribution in [0, 0.1) is 39.5 Å².